The van der Waals surface area contributed by atoms with Crippen molar-refractivity contribution in [2.24, 2.45) is 5.73 Å². The zero-order chi connectivity index (χ0) is 13.0. The average molecular weight is 270 g/mol. The number of benzene rings is 1. The molecule has 0 atom stereocenters. The molecule has 1 aliphatic rings. The quantitative estimate of drug-likeness (QED) is 0.849. The number of sulfone groups is 1. The van der Waals surface area contributed by atoms with Gasteiger partial charge in [0, 0.05) is 31.4 Å². The maximum atomic E-state index is 11.4. The lowest BCUT2D eigenvalue weighted by Gasteiger charge is -2.28. The van der Waals surface area contributed by atoms with Gasteiger partial charge in [0.25, 0.3) is 0 Å². The SMILES string of the molecule is NCCOc1cccc(N2CCS(=O)(=O)CC2)c1. The molecular weight excluding hydrogens is 252 g/mol. The third-order valence-electron chi connectivity index (χ3n) is 2.91. The normalized spacial score (nSPS) is 18.6. The molecule has 1 fully saturated rings. The molecule has 0 saturated carbocycles. The van der Waals surface area contributed by atoms with E-state index in [0.717, 1.165) is 11.4 Å². The van der Waals surface area contributed by atoms with Gasteiger partial charge in [0.1, 0.15) is 12.4 Å². The van der Waals surface area contributed by atoms with Crippen molar-refractivity contribution in [1.82, 2.24) is 0 Å². The predicted octanol–water partition coefficient (Wildman–Crippen LogP) is 0.259. The van der Waals surface area contributed by atoms with Gasteiger partial charge in [0.15, 0.2) is 9.84 Å². The standard InChI is InChI=1S/C12H18N2O3S/c13-4-7-17-12-3-1-2-11(10-12)14-5-8-18(15,16)9-6-14/h1-3,10H,4-9,13H2. The molecule has 6 heteroatoms. The minimum absolute atomic E-state index is 0.223. The third kappa shape index (κ3) is 3.36. The number of hydrogen-bond acceptors (Lipinski definition) is 5. The van der Waals surface area contributed by atoms with Crippen LogP contribution in [0.2, 0.25) is 0 Å². The Morgan fingerprint density at radius 2 is 2.00 bits per heavy atom. The van der Waals surface area contributed by atoms with Gasteiger partial charge in [-0.25, -0.2) is 8.42 Å². The highest BCUT2D eigenvalue weighted by molar-refractivity contribution is 7.91. The van der Waals surface area contributed by atoms with Crippen LogP contribution in [0.1, 0.15) is 0 Å². The van der Waals surface area contributed by atoms with Gasteiger partial charge in [-0.15, -0.1) is 0 Å². The van der Waals surface area contributed by atoms with E-state index in [9.17, 15) is 8.42 Å². The van der Waals surface area contributed by atoms with Crippen molar-refractivity contribution in [2.75, 3.05) is 42.6 Å². The van der Waals surface area contributed by atoms with E-state index in [1.54, 1.807) is 0 Å². The molecular formula is C12H18N2O3S. The Kier molecular flexibility index (Phi) is 4.08. The Morgan fingerprint density at radius 3 is 2.67 bits per heavy atom. The van der Waals surface area contributed by atoms with Crippen molar-refractivity contribution >= 4 is 15.5 Å². The van der Waals surface area contributed by atoms with E-state index in [0.29, 0.717) is 26.2 Å². The van der Waals surface area contributed by atoms with E-state index in [4.69, 9.17) is 10.5 Å². The van der Waals surface area contributed by atoms with E-state index in [-0.39, 0.29) is 11.5 Å². The first-order chi connectivity index (χ1) is 8.61. The lowest BCUT2D eigenvalue weighted by Crippen LogP contribution is -2.40. The van der Waals surface area contributed by atoms with Crippen molar-refractivity contribution in [1.29, 1.82) is 0 Å². The predicted molar refractivity (Wildman–Crippen MR) is 71.9 cm³/mol. The molecule has 1 heterocycles. The Hall–Kier alpha value is -1.27. The molecule has 1 aliphatic heterocycles. The minimum Gasteiger partial charge on any atom is -0.492 e. The lowest BCUT2D eigenvalue weighted by atomic mass is 10.2. The summed E-state index contributed by atoms with van der Waals surface area (Å²) in [6.07, 6.45) is 0. The third-order valence-corrected chi connectivity index (χ3v) is 4.52. The van der Waals surface area contributed by atoms with Crippen LogP contribution < -0.4 is 15.4 Å². The molecule has 0 bridgehead atoms. The average Bonchev–Trinajstić information content (AvgIpc) is 2.37. The number of rotatable bonds is 4. The van der Waals surface area contributed by atoms with Gasteiger partial charge in [0.2, 0.25) is 0 Å². The molecule has 0 unspecified atom stereocenters. The molecule has 0 aliphatic carbocycles. The summed E-state index contributed by atoms with van der Waals surface area (Å²) >= 11 is 0. The van der Waals surface area contributed by atoms with Crippen LogP contribution in [0.5, 0.6) is 5.75 Å². The van der Waals surface area contributed by atoms with E-state index in [1.807, 2.05) is 24.3 Å². The summed E-state index contributed by atoms with van der Waals surface area (Å²) in [4.78, 5) is 2.07. The van der Waals surface area contributed by atoms with E-state index in [2.05, 4.69) is 4.90 Å². The molecule has 1 aromatic rings. The lowest BCUT2D eigenvalue weighted by molar-refractivity contribution is 0.328. The van der Waals surface area contributed by atoms with E-state index in [1.165, 1.54) is 0 Å². The first-order valence-electron chi connectivity index (χ1n) is 5.99. The highest BCUT2D eigenvalue weighted by Crippen LogP contribution is 2.22. The summed E-state index contributed by atoms with van der Waals surface area (Å²) in [7, 11) is -2.84. The maximum Gasteiger partial charge on any atom is 0.153 e. The van der Waals surface area contributed by atoms with Gasteiger partial charge >= 0.3 is 0 Å². The molecule has 0 spiro atoms. The second-order valence-corrected chi connectivity index (χ2v) is 6.58. The molecule has 5 nitrogen and oxygen atoms in total. The molecule has 2 N–H and O–H groups in total. The van der Waals surface area contributed by atoms with Gasteiger partial charge in [-0.05, 0) is 12.1 Å². The molecule has 100 valence electrons. The van der Waals surface area contributed by atoms with Gasteiger partial charge in [-0.2, -0.15) is 0 Å². The van der Waals surface area contributed by atoms with Crippen LogP contribution >= 0.6 is 0 Å². The summed E-state index contributed by atoms with van der Waals surface area (Å²) in [5.74, 6) is 1.22. The molecule has 1 saturated heterocycles. The highest BCUT2D eigenvalue weighted by Gasteiger charge is 2.21. The van der Waals surface area contributed by atoms with Crippen molar-refractivity contribution < 1.29 is 13.2 Å². The number of hydrogen-bond donors (Lipinski definition) is 1. The summed E-state index contributed by atoms with van der Waals surface area (Å²) in [6, 6.07) is 7.67. The summed E-state index contributed by atoms with van der Waals surface area (Å²) in [6.45, 7) is 2.05. The molecule has 2 rings (SSSR count). The molecule has 1 aromatic carbocycles. The van der Waals surface area contributed by atoms with Crippen LogP contribution in [-0.4, -0.2) is 46.2 Å². The van der Waals surface area contributed by atoms with E-state index >= 15 is 0 Å². The minimum atomic E-state index is -2.84. The van der Waals surface area contributed by atoms with Crippen LogP contribution in [0.4, 0.5) is 5.69 Å². The van der Waals surface area contributed by atoms with Gasteiger partial charge in [0.05, 0.1) is 11.5 Å². The molecule has 0 amide bonds. The Bertz CT molecular complexity index is 488. The number of ether oxygens (including phenoxy) is 1. The van der Waals surface area contributed by atoms with Crippen LogP contribution in [-0.2, 0) is 9.84 Å². The smallest absolute Gasteiger partial charge is 0.153 e. The maximum absolute atomic E-state index is 11.4. The first-order valence-corrected chi connectivity index (χ1v) is 7.81. The van der Waals surface area contributed by atoms with Gasteiger partial charge in [-0.3, -0.25) is 0 Å². The number of nitrogens with two attached hydrogens (primary N) is 1. The van der Waals surface area contributed by atoms with Crippen LogP contribution in [0.25, 0.3) is 0 Å². The second-order valence-electron chi connectivity index (χ2n) is 4.27. The topological polar surface area (TPSA) is 72.6 Å². The zero-order valence-corrected chi connectivity index (χ0v) is 11.0. The fourth-order valence-electron chi connectivity index (χ4n) is 1.92. The van der Waals surface area contributed by atoms with Crippen LogP contribution in [0, 0.1) is 0 Å². The van der Waals surface area contributed by atoms with Gasteiger partial charge < -0.3 is 15.4 Å². The van der Waals surface area contributed by atoms with Crippen molar-refractivity contribution in [3.05, 3.63) is 24.3 Å². The zero-order valence-electron chi connectivity index (χ0n) is 10.2. The van der Waals surface area contributed by atoms with Gasteiger partial charge in [-0.1, -0.05) is 6.07 Å². The van der Waals surface area contributed by atoms with Crippen molar-refractivity contribution in [3.8, 4) is 5.75 Å². The Balaban J connectivity index is 2.05. The summed E-state index contributed by atoms with van der Waals surface area (Å²) in [5.41, 5.74) is 6.38. The Morgan fingerprint density at radius 1 is 1.28 bits per heavy atom. The summed E-state index contributed by atoms with van der Waals surface area (Å²) < 4.78 is 28.2. The van der Waals surface area contributed by atoms with Crippen molar-refractivity contribution in [2.45, 2.75) is 0 Å². The van der Waals surface area contributed by atoms with Crippen LogP contribution in [0.15, 0.2) is 24.3 Å². The Labute approximate surface area is 107 Å². The largest absolute Gasteiger partial charge is 0.492 e. The van der Waals surface area contributed by atoms with Crippen molar-refractivity contribution in [3.63, 3.8) is 0 Å². The number of nitrogens with zero attached hydrogens (tertiary/aromatic N) is 1. The first kappa shape index (κ1) is 13.2. The second kappa shape index (κ2) is 5.58. The fourth-order valence-corrected chi connectivity index (χ4v) is 3.12. The molecule has 0 radical (unpaired) electrons. The monoisotopic (exact) mass is 270 g/mol. The summed E-state index contributed by atoms with van der Waals surface area (Å²) in [5, 5.41) is 0. The highest BCUT2D eigenvalue weighted by atomic mass is 32.2. The molecule has 18 heavy (non-hydrogen) atoms. The molecule has 0 aromatic heterocycles. The van der Waals surface area contributed by atoms with E-state index < -0.39 is 9.84 Å². The fraction of sp³-hybridized carbons (Fsp3) is 0.500. The number of anilines is 1. The van der Waals surface area contributed by atoms with Crippen LogP contribution in [0.3, 0.4) is 0 Å².